The number of anilines is 4. The number of rotatable bonds is 8. The van der Waals surface area contributed by atoms with E-state index in [9.17, 15) is 17.9 Å². The molecule has 9 nitrogen and oxygen atoms in total. The van der Waals surface area contributed by atoms with Gasteiger partial charge in [0.15, 0.2) is 5.67 Å². The van der Waals surface area contributed by atoms with E-state index >= 15 is 0 Å². The molecule has 4 heterocycles. The number of hydrogen-bond donors (Lipinski definition) is 2. The SMILES string of the molecule is CC(C)c1ccc(N2CC(CS(C)(=O)=O)C2)c2cnc(Nc3ccnc(N4CC[C@](F)([C@H](C)O)C4)n3)cc12. The minimum absolute atomic E-state index is 0.0460. The first-order chi connectivity index (χ1) is 17.9. The molecule has 5 rings (SSSR count). The van der Waals surface area contributed by atoms with Crippen LogP contribution in [0.5, 0.6) is 0 Å². The van der Waals surface area contributed by atoms with Gasteiger partial charge < -0.3 is 20.2 Å². The summed E-state index contributed by atoms with van der Waals surface area (Å²) in [5.41, 5.74) is 0.582. The molecule has 0 spiro atoms. The Bertz CT molecular complexity index is 1440. The molecular weight excluding hydrogens is 507 g/mol. The molecule has 2 aliphatic rings. The largest absolute Gasteiger partial charge is 0.390 e. The number of nitrogens with one attached hydrogen (secondary N) is 1. The van der Waals surface area contributed by atoms with Gasteiger partial charge in [0, 0.05) is 61.7 Å². The molecule has 3 aromatic rings. The molecule has 1 aromatic carbocycles. The number of fused-ring (bicyclic) bond motifs is 1. The first-order valence-corrected chi connectivity index (χ1v) is 15.1. The van der Waals surface area contributed by atoms with Crippen LogP contribution in [0.1, 0.15) is 38.7 Å². The van der Waals surface area contributed by atoms with Crippen LogP contribution in [-0.4, -0.2) is 78.4 Å². The van der Waals surface area contributed by atoms with Crippen LogP contribution in [0.25, 0.3) is 10.8 Å². The van der Waals surface area contributed by atoms with Crippen LogP contribution in [0.15, 0.2) is 36.7 Å². The number of halogens is 1. The molecule has 0 amide bonds. The summed E-state index contributed by atoms with van der Waals surface area (Å²) in [6, 6.07) is 8.00. The molecule has 2 fully saturated rings. The molecule has 204 valence electrons. The van der Waals surface area contributed by atoms with Gasteiger partial charge in [0.2, 0.25) is 5.95 Å². The number of nitrogens with zero attached hydrogens (tertiary/aromatic N) is 5. The average Bonchev–Trinajstić information content (AvgIpc) is 3.24. The molecular formula is C27H35FN6O3S. The molecule has 0 aliphatic carbocycles. The van der Waals surface area contributed by atoms with Crippen LogP contribution in [0, 0.1) is 5.92 Å². The standard InChI is InChI=1S/C27H35FN6O3S/c1-17(2)20-5-6-23(34-13-19(14-34)15-38(4,36)37)22-12-30-25(11-21(20)22)31-24-7-9-29-26(32-24)33-10-8-27(28,16-33)18(3)35/h5-7,9,11-12,17-19,35H,8,10,13-16H2,1-4H3,(H,29,30,31,32)/t18-,27+/m0/s1. The van der Waals surface area contributed by atoms with E-state index in [1.165, 1.54) is 18.7 Å². The number of aliphatic hydroxyl groups is 1. The smallest absolute Gasteiger partial charge is 0.227 e. The first kappa shape index (κ1) is 26.6. The number of aromatic nitrogens is 3. The molecule has 2 aromatic heterocycles. The molecule has 2 saturated heterocycles. The van der Waals surface area contributed by atoms with Gasteiger partial charge in [0.1, 0.15) is 21.5 Å². The van der Waals surface area contributed by atoms with Gasteiger partial charge >= 0.3 is 0 Å². The van der Waals surface area contributed by atoms with Gasteiger partial charge in [-0.25, -0.2) is 22.8 Å². The Balaban J connectivity index is 1.38. The highest BCUT2D eigenvalue weighted by molar-refractivity contribution is 7.90. The zero-order chi connectivity index (χ0) is 27.2. The summed E-state index contributed by atoms with van der Waals surface area (Å²) >= 11 is 0. The number of aliphatic hydroxyl groups excluding tert-OH is 1. The van der Waals surface area contributed by atoms with Crippen molar-refractivity contribution in [3.8, 4) is 0 Å². The van der Waals surface area contributed by atoms with E-state index in [2.05, 4.69) is 51.1 Å². The fourth-order valence-corrected chi connectivity index (χ4v) is 6.47. The number of hydrogen-bond acceptors (Lipinski definition) is 9. The lowest BCUT2D eigenvalue weighted by molar-refractivity contribution is 0.0191. The number of benzene rings is 1. The van der Waals surface area contributed by atoms with Crippen LogP contribution < -0.4 is 15.1 Å². The van der Waals surface area contributed by atoms with Crippen LogP contribution in [0.4, 0.5) is 27.7 Å². The van der Waals surface area contributed by atoms with Crippen LogP contribution >= 0.6 is 0 Å². The number of pyridine rings is 1. The maximum atomic E-state index is 14.9. The Morgan fingerprint density at radius 1 is 1.13 bits per heavy atom. The zero-order valence-electron chi connectivity index (χ0n) is 22.2. The number of alkyl halides is 1. The summed E-state index contributed by atoms with van der Waals surface area (Å²) in [4.78, 5) is 17.5. The molecule has 38 heavy (non-hydrogen) atoms. The molecule has 0 saturated carbocycles. The Morgan fingerprint density at radius 2 is 1.89 bits per heavy atom. The van der Waals surface area contributed by atoms with Crippen molar-refractivity contribution in [1.29, 1.82) is 0 Å². The molecule has 2 N–H and O–H groups in total. The van der Waals surface area contributed by atoms with Gasteiger partial charge in [-0.05, 0) is 42.0 Å². The monoisotopic (exact) mass is 542 g/mol. The normalized spacial score (nSPS) is 21.2. The van der Waals surface area contributed by atoms with Crippen molar-refractivity contribution in [3.05, 3.63) is 42.2 Å². The fourth-order valence-electron chi connectivity index (χ4n) is 5.40. The molecule has 2 aliphatic heterocycles. The highest BCUT2D eigenvalue weighted by atomic mass is 32.2. The van der Waals surface area contributed by atoms with Gasteiger partial charge in [-0.1, -0.05) is 19.9 Å². The second-order valence-electron chi connectivity index (χ2n) is 11.1. The highest BCUT2D eigenvalue weighted by Gasteiger charge is 2.43. The minimum atomic E-state index is -2.99. The van der Waals surface area contributed by atoms with Gasteiger partial charge in [-0.3, -0.25) is 0 Å². The first-order valence-electron chi connectivity index (χ1n) is 13.0. The van der Waals surface area contributed by atoms with Gasteiger partial charge in [-0.15, -0.1) is 0 Å². The Morgan fingerprint density at radius 3 is 2.55 bits per heavy atom. The Kier molecular flexibility index (Phi) is 6.93. The lowest BCUT2D eigenvalue weighted by Gasteiger charge is -2.41. The zero-order valence-corrected chi connectivity index (χ0v) is 23.0. The van der Waals surface area contributed by atoms with E-state index in [0.717, 1.165) is 16.5 Å². The van der Waals surface area contributed by atoms with Crippen molar-refractivity contribution in [3.63, 3.8) is 0 Å². The van der Waals surface area contributed by atoms with Crippen LogP contribution in [0.3, 0.4) is 0 Å². The van der Waals surface area contributed by atoms with Gasteiger partial charge in [-0.2, -0.15) is 4.98 Å². The van der Waals surface area contributed by atoms with E-state index in [1.54, 1.807) is 17.2 Å². The maximum Gasteiger partial charge on any atom is 0.227 e. The van der Waals surface area contributed by atoms with Crippen molar-refractivity contribution in [2.45, 2.75) is 44.9 Å². The molecule has 0 bridgehead atoms. The number of sulfone groups is 1. The minimum Gasteiger partial charge on any atom is -0.390 e. The van der Waals surface area contributed by atoms with Crippen molar-refractivity contribution in [2.75, 3.05) is 53.3 Å². The predicted octanol–water partition coefficient (Wildman–Crippen LogP) is 3.67. The maximum absolute atomic E-state index is 14.9. The molecule has 0 unspecified atom stereocenters. The fraction of sp³-hybridized carbons (Fsp3) is 0.519. The third kappa shape index (κ3) is 5.40. The van der Waals surface area contributed by atoms with E-state index in [4.69, 9.17) is 0 Å². The topological polar surface area (TPSA) is 112 Å². The van der Waals surface area contributed by atoms with Gasteiger partial charge in [0.05, 0.1) is 18.4 Å². The summed E-state index contributed by atoms with van der Waals surface area (Å²) in [7, 11) is -2.99. The lowest BCUT2D eigenvalue weighted by Crippen LogP contribution is -2.49. The summed E-state index contributed by atoms with van der Waals surface area (Å²) in [5, 5.41) is 15.2. The van der Waals surface area contributed by atoms with Crippen LogP contribution in [0.2, 0.25) is 0 Å². The third-order valence-corrected chi connectivity index (χ3v) is 8.63. The van der Waals surface area contributed by atoms with E-state index < -0.39 is 21.6 Å². The quantitative estimate of drug-likeness (QED) is 0.440. The van der Waals surface area contributed by atoms with Crippen molar-refractivity contribution >= 4 is 43.9 Å². The second kappa shape index (κ2) is 9.92. The molecule has 2 atom stereocenters. The molecule has 0 radical (unpaired) electrons. The lowest BCUT2D eigenvalue weighted by atomic mass is 9.93. The average molecular weight is 543 g/mol. The predicted molar refractivity (Wildman–Crippen MR) is 149 cm³/mol. The third-order valence-electron chi connectivity index (χ3n) is 7.55. The summed E-state index contributed by atoms with van der Waals surface area (Å²) in [5.74, 6) is 2.23. The van der Waals surface area contributed by atoms with E-state index in [1.807, 2.05) is 12.3 Å². The Hall–Kier alpha value is -3.05. The van der Waals surface area contributed by atoms with Crippen LogP contribution in [-0.2, 0) is 9.84 Å². The van der Waals surface area contributed by atoms with E-state index in [-0.39, 0.29) is 24.6 Å². The summed E-state index contributed by atoms with van der Waals surface area (Å²) in [6.07, 6.45) is 3.94. The van der Waals surface area contributed by atoms with E-state index in [0.29, 0.717) is 43.1 Å². The highest BCUT2D eigenvalue weighted by Crippen LogP contribution is 2.37. The van der Waals surface area contributed by atoms with Crippen molar-refractivity contribution < 1.29 is 17.9 Å². The second-order valence-corrected chi connectivity index (χ2v) is 13.2. The summed E-state index contributed by atoms with van der Waals surface area (Å²) < 4.78 is 38.2. The van der Waals surface area contributed by atoms with Crippen molar-refractivity contribution in [2.24, 2.45) is 5.92 Å². The van der Waals surface area contributed by atoms with Crippen molar-refractivity contribution in [1.82, 2.24) is 15.0 Å². The Labute approximate surface area is 223 Å². The summed E-state index contributed by atoms with van der Waals surface area (Å²) in [6.45, 7) is 7.67. The van der Waals surface area contributed by atoms with Gasteiger partial charge in [0.25, 0.3) is 0 Å². The molecule has 11 heteroatoms.